The molecule has 7 heteroatoms. The zero-order valence-electron chi connectivity index (χ0n) is 12.5. The van der Waals surface area contributed by atoms with Gasteiger partial charge in [-0.2, -0.15) is 5.26 Å². The summed E-state index contributed by atoms with van der Waals surface area (Å²) >= 11 is 11.8. The third-order valence-electron chi connectivity index (χ3n) is 3.42. The van der Waals surface area contributed by atoms with Crippen molar-refractivity contribution in [2.75, 3.05) is 5.32 Å². The summed E-state index contributed by atoms with van der Waals surface area (Å²) in [7, 11) is 0. The Balaban J connectivity index is 1.98. The van der Waals surface area contributed by atoms with Crippen LogP contribution in [0.2, 0.25) is 10.0 Å². The van der Waals surface area contributed by atoms with Gasteiger partial charge in [-0.05, 0) is 37.3 Å². The molecule has 2 heterocycles. The summed E-state index contributed by atoms with van der Waals surface area (Å²) in [6, 6.07) is 10.4. The highest BCUT2D eigenvalue weighted by molar-refractivity contribution is 6.42. The Kier molecular flexibility index (Phi) is 4.34. The Labute approximate surface area is 148 Å². The van der Waals surface area contributed by atoms with E-state index in [1.807, 2.05) is 6.07 Å². The average molecular weight is 360 g/mol. The number of rotatable bonds is 3. The number of hydrogen-bond acceptors (Lipinski definition) is 3. The summed E-state index contributed by atoms with van der Waals surface area (Å²) in [4.78, 5) is 12.6. The molecule has 0 atom stereocenters. The maximum absolute atomic E-state index is 12.6. The number of hydrogen-bond donors (Lipinski definition) is 1. The highest BCUT2D eigenvalue weighted by atomic mass is 35.5. The van der Waals surface area contributed by atoms with Crippen LogP contribution in [-0.4, -0.2) is 10.5 Å². The molecule has 0 aliphatic carbocycles. The second-order valence-electron chi connectivity index (χ2n) is 5.00. The van der Waals surface area contributed by atoms with Crippen molar-refractivity contribution in [2.45, 2.75) is 6.92 Å². The van der Waals surface area contributed by atoms with E-state index in [1.54, 1.807) is 48.1 Å². The zero-order chi connectivity index (χ0) is 17.3. The van der Waals surface area contributed by atoms with Crippen LogP contribution in [0, 0.1) is 18.3 Å². The Bertz CT molecular complexity index is 953. The first-order chi connectivity index (χ1) is 11.5. The van der Waals surface area contributed by atoms with Crippen molar-refractivity contribution in [3.05, 3.63) is 69.7 Å². The quantitative estimate of drug-likeness (QED) is 0.729. The minimum absolute atomic E-state index is 0.168. The summed E-state index contributed by atoms with van der Waals surface area (Å²) in [5, 5.41) is 12.9. The molecular weight excluding hydrogens is 349 g/mol. The van der Waals surface area contributed by atoms with Gasteiger partial charge in [0, 0.05) is 18.1 Å². The predicted molar refractivity (Wildman–Crippen MR) is 91.9 cm³/mol. The molecule has 1 amide bonds. The SMILES string of the molecule is Cc1oc(-n2cccc2)c(C#N)c1C(=O)Nc1ccc(Cl)c(Cl)c1. The van der Waals surface area contributed by atoms with Gasteiger partial charge in [0.25, 0.3) is 5.91 Å². The average Bonchev–Trinajstić information content (AvgIpc) is 3.17. The third kappa shape index (κ3) is 2.90. The number of nitrogens with zero attached hydrogens (tertiary/aromatic N) is 2. The molecule has 0 saturated carbocycles. The zero-order valence-corrected chi connectivity index (χ0v) is 14.0. The largest absolute Gasteiger partial charge is 0.443 e. The van der Waals surface area contributed by atoms with Gasteiger partial charge in [-0.3, -0.25) is 9.36 Å². The van der Waals surface area contributed by atoms with Crippen molar-refractivity contribution in [1.29, 1.82) is 5.26 Å². The lowest BCUT2D eigenvalue weighted by atomic mass is 10.1. The van der Waals surface area contributed by atoms with Crippen LogP contribution >= 0.6 is 23.2 Å². The van der Waals surface area contributed by atoms with Gasteiger partial charge in [-0.25, -0.2) is 0 Å². The fourth-order valence-electron chi connectivity index (χ4n) is 2.33. The van der Waals surface area contributed by atoms with Crippen LogP contribution in [0.25, 0.3) is 5.88 Å². The maximum Gasteiger partial charge on any atom is 0.260 e. The molecule has 5 nitrogen and oxygen atoms in total. The molecule has 2 aromatic heterocycles. The number of carbonyl (C=O) groups is 1. The van der Waals surface area contributed by atoms with Gasteiger partial charge in [0.15, 0.2) is 0 Å². The van der Waals surface area contributed by atoms with Crippen molar-refractivity contribution < 1.29 is 9.21 Å². The molecule has 0 unspecified atom stereocenters. The number of aryl methyl sites for hydroxylation is 1. The van der Waals surface area contributed by atoms with Gasteiger partial charge in [-0.1, -0.05) is 23.2 Å². The van der Waals surface area contributed by atoms with E-state index >= 15 is 0 Å². The molecule has 0 bridgehead atoms. The summed E-state index contributed by atoms with van der Waals surface area (Å²) < 4.78 is 7.26. The normalized spacial score (nSPS) is 10.4. The van der Waals surface area contributed by atoms with E-state index in [1.165, 1.54) is 6.07 Å². The third-order valence-corrected chi connectivity index (χ3v) is 4.16. The van der Waals surface area contributed by atoms with Gasteiger partial charge in [0.2, 0.25) is 5.88 Å². The van der Waals surface area contributed by atoms with E-state index in [2.05, 4.69) is 5.32 Å². The lowest BCUT2D eigenvalue weighted by molar-refractivity contribution is 0.102. The van der Waals surface area contributed by atoms with Gasteiger partial charge in [0.1, 0.15) is 23.0 Å². The lowest BCUT2D eigenvalue weighted by Crippen LogP contribution is -2.14. The van der Waals surface area contributed by atoms with E-state index in [-0.39, 0.29) is 11.1 Å². The van der Waals surface area contributed by atoms with Gasteiger partial charge in [0.05, 0.1) is 10.0 Å². The molecule has 120 valence electrons. The van der Waals surface area contributed by atoms with E-state index in [0.717, 1.165) is 0 Å². The molecule has 24 heavy (non-hydrogen) atoms. The molecule has 3 rings (SSSR count). The number of benzene rings is 1. The summed E-state index contributed by atoms with van der Waals surface area (Å²) in [5.41, 5.74) is 0.829. The molecule has 0 saturated heterocycles. The molecule has 0 aliphatic heterocycles. The van der Waals surface area contributed by atoms with E-state index in [4.69, 9.17) is 27.6 Å². The van der Waals surface area contributed by atoms with Gasteiger partial charge < -0.3 is 9.73 Å². The Hall–Kier alpha value is -2.68. The van der Waals surface area contributed by atoms with Crippen molar-refractivity contribution in [2.24, 2.45) is 0 Å². The Morgan fingerprint density at radius 2 is 1.96 bits per heavy atom. The summed E-state index contributed by atoms with van der Waals surface area (Å²) in [6.45, 7) is 1.64. The molecule has 0 aliphatic rings. The predicted octanol–water partition coefficient (Wildman–Crippen LogP) is 4.81. The minimum atomic E-state index is -0.454. The van der Waals surface area contributed by atoms with Crippen LogP contribution in [0.4, 0.5) is 5.69 Å². The van der Waals surface area contributed by atoms with Crippen LogP contribution in [0.5, 0.6) is 0 Å². The fraction of sp³-hybridized carbons (Fsp3) is 0.0588. The molecule has 1 aromatic carbocycles. The monoisotopic (exact) mass is 359 g/mol. The molecular formula is C17H11Cl2N3O2. The maximum atomic E-state index is 12.6. The first-order valence-corrected chi connectivity index (χ1v) is 7.70. The van der Waals surface area contributed by atoms with E-state index in [9.17, 15) is 10.1 Å². The number of anilines is 1. The van der Waals surface area contributed by atoms with E-state index in [0.29, 0.717) is 27.4 Å². The second kappa shape index (κ2) is 6.44. The van der Waals surface area contributed by atoms with Crippen LogP contribution in [0.15, 0.2) is 47.1 Å². The summed E-state index contributed by atoms with van der Waals surface area (Å²) in [5.74, 6) is 0.205. The molecule has 3 aromatic rings. The highest BCUT2D eigenvalue weighted by Gasteiger charge is 2.24. The Morgan fingerprint density at radius 3 is 2.58 bits per heavy atom. The van der Waals surface area contributed by atoms with Crippen molar-refractivity contribution in [3.8, 4) is 12.0 Å². The number of aromatic nitrogens is 1. The number of nitriles is 1. The van der Waals surface area contributed by atoms with Crippen LogP contribution in [0.3, 0.4) is 0 Å². The molecule has 1 N–H and O–H groups in total. The number of carbonyl (C=O) groups excluding carboxylic acids is 1. The molecule has 0 fully saturated rings. The standard InChI is InChI=1S/C17H11Cl2N3O2/c1-10-15(12(9-20)17(24-10)22-6-2-3-7-22)16(23)21-11-4-5-13(18)14(19)8-11/h2-8H,1H3,(H,21,23). The first-order valence-electron chi connectivity index (χ1n) is 6.94. The topological polar surface area (TPSA) is 71.0 Å². The van der Waals surface area contributed by atoms with Crippen LogP contribution in [-0.2, 0) is 0 Å². The number of furan rings is 1. The fourth-order valence-corrected chi connectivity index (χ4v) is 2.62. The van der Waals surface area contributed by atoms with Crippen LogP contribution < -0.4 is 5.32 Å². The molecule has 0 radical (unpaired) electrons. The van der Waals surface area contributed by atoms with Crippen molar-refractivity contribution in [3.63, 3.8) is 0 Å². The number of amides is 1. The van der Waals surface area contributed by atoms with E-state index < -0.39 is 5.91 Å². The molecule has 0 spiro atoms. The second-order valence-corrected chi connectivity index (χ2v) is 5.81. The van der Waals surface area contributed by atoms with Gasteiger partial charge in [-0.15, -0.1) is 0 Å². The van der Waals surface area contributed by atoms with Crippen LogP contribution in [0.1, 0.15) is 21.7 Å². The highest BCUT2D eigenvalue weighted by Crippen LogP contribution is 2.28. The number of halogens is 2. The minimum Gasteiger partial charge on any atom is -0.443 e. The number of nitrogens with one attached hydrogen (secondary N) is 1. The Morgan fingerprint density at radius 1 is 1.25 bits per heavy atom. The first kappa shape index (κ1) is 16.2. The smallest absolute Gasteiger partial charge is 0.260 e. The van der Waals surface area contributed by atoms with Gasteiger partial charge >= 0.3 is 0 Å². The van der Waals surface area contributed by atoms with Crippen molar-refractivity contribution in [1.82, 2.24) is 4.57 Å². The summed E-state index contributed by atoms with van der Waals surface area (Å²) in [6.07, 6.45) is 3.47. The van der Waals surface area contributed by atoms with Crippen molar-refractivity contribution >= 4 is 34.8 Å². The lowest BCUT2D eigenvalue weighted by Gasteiger charge is -2.06.